The van der Waals surface area contributed by atoms with Crippen LogP contribution in [0.15, 0.2) is 52.2 Å². The predicted molar refractivity (Wildman–Crippen MR) is 107 cm³/mol. The smallest absolute Gasteiger partial charge is 0.267 e. The van der Waals surface area contributed by atoms with Gasteiger partial charge in [0.25, 0.3) is 12.0 Å². The van der Waals surface area contributed by atoms with Gasteiger partial charge in [-0.25, -0.2) is 17.9 Å². The van der Waals surface area contributed by atoms with Crippen molar-refractivity contribution in [1.82, 2.24) is 20.0 Å². The monoisotopic (exact) mass is 434 g/mol. The molecule has 0 amide bonds. The highest BCUT2D eigenvalue weighted by molar-refractivity contribution is 7.98. The van der Waals surface area contributed by atoms with Crippen LogP contribution in [-0.4, -0.2) is 20.0 Å². The number of aromatic nitrogens is 4. The summed E-state index contributed by atoms with van der Waals surface area (Å²) in [4.78, 5) is 13.0. The molecule has 0 aliphatic heterocycles. The van der Waals surface area contributed by atoms with Crippen molar-refractivity contribution in [2.24, 2.45) is 7.05 Å². The SMILES string of the molecule is Cn1nc(-c2nnc(C(F)F)s2)c2cc(SCc3ccccc3)cc(F)c2c1=O. The molecule has 0 atom stereocenters. The van der Waals surface area contributed by atoms with E-state index in [1.54, 1.807) is 6.07 Å². The first kappa shape index (κ1) is 19.6. The molecule has 0 saturated carbocycles. The lowest BCUT2D eigenvalue weighted by Gasteiger charge is -2.09. The first-order valence-corrected chi connectivity index (χ1v) is 10.2. The van der Waals surface area contributed by atoms with Crippen molar-refractivity contribution in [3.8, 4) is 10.7 Å². The van der Waals surface area contributed by atoms with Crippen LogP contribution in [0.25, 0.3) is 21.5 Å². The fourth-order valence-corrected chi connectivity index (χ4v) is 4.41. The summed E-state index contributed by atoms with van der Waals surface area (Å²) in [6.45, 7) is 0. The average Bonchev–Trinajstić information content (AvgIpc) is 3.20. The number of hydrogen-bond acceptors (Lipinski definition) is 6. The molecule has 29 heavy (non-hydrogen) atoms. The minimum atomic E-state index is -2.77. The second kappa shape index (κ2) is 7.96. The van der Waals surface area contributed by atoms with E-state index in [9.17, 15) is 18.0 Å². The van der Waals surface area contributed by atoms with Crippen molar-refractivity contribution in [2.75, 3.05) is 0 Å². The maximum Gasteiger partial charge on any atom is 0.291 e. The van der Waals surface area contributed by atoms with Crippen LogP contribution in [0.5, 0.6) is 0 Å². The Kier molecular flexibility index (Phi) is 5.37. The molecule has 2 aromatic carbocycles. The van der Waals surface area contributed by atoms with Crippen molar-refractivity contribution < 1.29 is 13.2 Å². The van der Waals surface area contributed by atoms with Crippen LogP contribution in [0, 0.1) is 5.82 Å². The molecule has 148 valence electrons. The van der Waals surface area contributed by atoms with Crippen LogP contribution in [0.2, 0.25) is 0 Å². The van der Waals surface area contributed by atoms with Gasteiger partial charge in [0, 0.05) is 23.1 Å². The third-order valence-electron chi connectivity index (χ3n) is 4.15. The molecule has 0 saturated heterocycles. The summed E-state index contributed by atoms with van der Waals surface area (Å²) in [7, 11) is 1.37. The van der Waals surface area contributed by atoms with Crippen LogP contribution in [0.3, 0.4) is 0 Å². The summed E-state index contributed by atoms with van der Waals surface area (Å²) in [5, 5.41) is 11.1. The molecule has 2 heterocycles. The molecule has 0 fully saturated rings. The number of benzene rings is 2. The van der Waals surface area contributed by atoms with Gasteiger partial charge in [0.15, 0.2) is 10.0 Å². The fourth-order valence-electron chi connectivity index (χ4n) is 2.80. The third-order valence-corrected chi connectivity index (χ3v) is 6.14. The van der Waals surface area contributed by atoms with Gasteiger partial charge < -0.3 is 0 Å². The van der Waals surface area contributed by atoms with E-state index in [0.717, 1.165) is 10.2 Å². The quantitative estimate of drug-likeness (QED) is 0.422. The van der Waals surface area contributed by atoms with Crippen molar-refractivity contribution in [1.29, 1.82) is 0 Å². The van der Waals surface area contributed by atoms with Gasteiger partial charge >= 0.3 is 0 Å². The summed E-state index contributed by atoms with van der Waals surface area (Å²) in [5.41, 5.74) is 0.595. The van der Waals surface area contributed by atoms with Crippen LogP contribution in [-0.2, 0) is 12.8 Å². The van der Waals surface area contributed by atoms with E-state index < -0.39 is 22.8 Å². The van der Waals surface area contributed by atoms with Gasteiger partial charge in [0.1, 0.15) is 11.5 Å². The maximum absolute atomic E-state index is 14.8. The van der Waals surface area contributed by atoms with Crippen molar-refractivity contribution >= 4 is 33.9 Å². The number of aryl methyl sites for hydroxylation is 1. The highest BCUT2D eigenvalue weighted by Crippen LogP contribution is 2.34. The molecule has 4 rings (SSSR count). The second-order valence-corrected chi connectivity index (χ2v) is 8.18. The van der Waals surface area contributed by atoms with Crippen LogP contribution in [0.4, 0.5) is 13.2 Å². The van der Waals surface area contributed by atoms with Crippen molar-refractivity contribution in [3.63, 3.8) is 0 Å². The van der Waals surface area contributed by atoms with Gasteiger partial charge in [0.05, 0.1) is 5.39 Å². The Morgan fingerprint density at radius 3 is 2.62 bits per heavy atom. The number of hydrogen-bond donors (Lipinski definition) is 0. The zero-order chi connectivity index (χ0) is 20.5. The van der Waals surface area contributed by atoms with Gasteiger partial charge in [-0.15, -0.1) is 22.0 Å². The zero-order valence-corrected chi connectivity index (χ0v) is 16.6. The van der Waals surface area contributed by atoms with Gasteiger partial charge in [-0.3, -0.25) is 4.79 Å². The highest BCUT2D eigenvalue weighted by Gasteiger charge is 2.21. The molecular formula is C19H13F3N4OS2. The Balaban J connectivity index is 1.83. The molecule has 4 aromatic rings. The maximum atomic E-state index is 14.8. The standard InChI is InChI=1S/C19H13F3N4OS2/c1-26-19(27)14-12(15(25-26)17-23-24-18(29-17)16(21)22)7-11(8-13(14)20)28-9-10-5-3-2-4-6-10/h2-8,16H,9H2,1H3. The van der Waals surface area contributed by atoms with E-state index in [-0.39, 0.29) is 21.5 Å². The van der Waals surface area contributed by atoms with E-state index in [1.165, 1.54) is 24.9 Å². The lowest BCUT2D eigenvalue weighted by atomic mass is 10.1. The zero-order valence-electron chi connectivity index (χ0n) is 15.0. The van der Waals surface area contributed by atoms with Crippen molar-refractivity contribution in [2.45, 2.75) is 17.1 Å². The lowest BCUT2D eigenvalue weighted by molar-refractivity contribution is 0.150. The summed E-state index contributed by atoms with van der Waals surface area (Å²) < 4.78 is 41.6. The number of alkyl halides is 2. The minimum absolute atomic E-state index is 0.102. The molecule has 10 heteroatoms. The molecule has 0 N–H and O–H groups in total. The van der Waals surface area contributed by atoms with Crippen LogP contribution >= 0.6 is 23.1 Å². The van der Waals surface area contributed by atoms with Gasteiger partial charge in [-0.05, 0) is 17.7 Å². The summed E-state index contributed by atoms with van der Waals surface area (Å²) >= 11 is 2.06. The summed E-state index contributed by atoms with van der Waals surface area (Å²) in [5.74, 6) is -0.0887. The molecule has 0 unspecified atom stereocenters. The van der Waals surface area contributed by atoms with Crippen LogP contribution in [0.1, 0.15) is 17.0 Å². The normalized spacial score (nSPS) is 11.5. The van der Waals surface area contributed by atoms with Crippen molar-refractivity contribution in [3.05, 3.63) is 69.2 Å². The third kappa shape index (κ3) is 3.90. The number of nitrogens with zero attached hydrogens (tertiary/aromatic N) is 4. The van der Waals surface area contributed by atoms with Gasteiger partial charge in [0.2, 0.25) is 0 Å². The van der Waals surface area contributed by atoms with E-state index in [4.69, 9.17) is 0 Å². The molecule has 0 spiro atoms. The second-order valence-electron chi connectivity index (χ2n) is 6.13. The Labute approximate surface area is 171 Å². The molecule has 2 aromatic heterocycles. The number of rotatable bonds is 5. The van der Waals surface area contributed by atoms with Gasteiger partial charge in [-0.1, -0.05) is 41.7 Å². The Morgan fingerprint density at radius 2 is 1.93 bits per heavy atom. The van der Waals surface area contributed by atoms with E-state index in [0.29, 0.717) is 22.0 Å². The molecule has 0 radical (unpaired) electrons. The molecular weight excluding hydrogens is 421 g/mol. The summed E-state index contributed by atoms with van der Waals surface area (Å²) in [6, 6.07) is 12.6. The highest BCUT2D eigenvalue weighted by atomic mass is 32.2. The molecule has 0 bridgehead atoms. The van der Waals surface area contributed by atoms with E-state index in [1.807, 2.05) is 30.3 Å². The number of thioether (sulfide) groups is 1. The van der Waals surface area contributed by atoms with Gasteiger partial charge in [-0.2, -0.15) is 5.10 Å². The summed E-state index contributed by atoms with van der Waals surface area (Å²) in [6.07, 6.45) is -2.77. The first-order chi connectivity index (χ1) is 13.9. The Morgan fingerprint density at radius 1 is 1.17 bits per heavy atom. The Bertz CT molecular complexity index is 1240. The minimum Gasteiger partial charge on any atom is -0.267 e. The average molecular weight is 434 g/mol. The number of halogens is 3. The first-order valence-electron chi connectivity index (χ1n) is 8.43. The fraction of sp³-hybridized carbons (Fsp3) is 0.158. The van der Waals surface area contributed by atoms with Crippen LogP contribution < -0.4 is 5.56 Å². The van der Waals surface area contributed by atoms with E-state index in [2.05, 4.69) is 15.3 Å². The Hall–Kier alpha value is -2.72. The topological polar surface area (TPSA) is 60.7 Å². The molecule has 0 aliphatic rings. The predicted octanol–water partition coefficient (Wildman–Crippen LogP) is 4.82. The molecule has 5 nitrogen and oxygen atoms in total. The number of fused-ring (bicyclic) bond motifs is 1. The lowest BCUT2D eigenvalue weighted by Crippen LogP contribution is -2.21. The largest absolute Gasteiger partial charge is 0.291 e. The molecule has 0 aliphatic carbocycles. The van der Waals surface area contributed by atoms with E-state index >= 15 is 0 Å².